The van der Waals surface area contributed by atoms with Crippen LogP contribution in [0.5, 0.6) is 0 Å². The fourth-order valence-corrected chi connectivity index (χ4v) is 4.05. The molecule has 4 rings (SSSR count). The molecule has 0 fully saturated rings. The first-order chi connectivity index (χ1) is 14.5. The molecule has 154 valence electrons. The number of allylic oxidation sites excluding steroid dienone is 2. The lowest BCUT2D eigenvalue weighted by molar-refractivity contribution is 0.596. The average Bonchev–Trinajstić information content (AvgIpc) is 2.76. The molecule has 0 aliphatic heterocycles. The first-order valence-corrected chi connectivity index (χ1v) is 10.2. The van der Waals surface area contributed by atoms with E-state index in [9.17, 15) is 9.59 Å². The minimum atomic E-state index is -0.440. The molecule has 0 bridgehead atoms. The summed E-state index contributed by atoms with van der Waals surface area (Å²) in [5, 5.41) is 0. The Balaban J connectivity index is 1.59. The smallest absolute Gasteiger partial charge is 0.325 e. The standard InChI is InChI=1S/C24H26N4O2/c1-28(2)21-13-12-19(15-25-21)17-8-10-18(11-9-17)22-20(23(29)27-24(30)26-22)14-16-6-4-3-5-7-16/h3-8,12-13,15,18H,9-11,14H2,1-2H3,(H2,26,27,29,30). The summed E-state index contributed by atoms with van der Waals surface area (Å²) in [6.45, 7) is 0. The average molecular weight is 402 g/mol. The second-order valence-corrected chi connectivity index (χ2v) is 7.96. The lowest BCUT2D eigenvalue weighted by atomic mass is 9.83. The van der Waals surface area contributed by atoms with Crippen molar-refractivity contribution in [2.75, 3.05) is 19.0 Å². The highest BCUT2D eigenvalue weighted by molar-refractivity contribution is 5.66. The van der Waals surface area contributed by atoms with Crippen molar-refractivity contribution in [2.24, 2.45) is 0 Å². The van der Waals surface area contributed by atoms with Gasteiger partial charge in [0.2, 0.25) is 0 Å². The van der Waals surface area contributed by atoms with E-state index in [1.54, 1.807) is 0 Å². The molecule has 2 aromatic heterocycles. The predicted octanol–water partition coefficient (Wildman–Crippen LogP) is 3.47. The van der Waals surface area contributed by atoms with Gasteiger partial charge in [0.05, 0.1) is 0 Å². The lowest BCUT2D eigenvalue weighted by Crippen LogP contribution is -2.30. The molecule has 6 heteroatoms. The van der Waals surface area contributed by atoms with E-state index in [0.717, 1.165) is 41.9 Å². The third-order valence-electron chi connectivity index (χ3n) is 5.69. The lowest BCUT2D eigenvalue weighted by Gasteiger charge is -2.24. The molecule has 6 nitrogen and oxygen atoms in total. The number of aromatic nitrogens is 3. The molecule has 3 aromatic rings. The Hall–Kier alpha value is -3.41. The van der Waals surface area contributed by atoms with Crippen LogP contribution in [-0.2, 0) is 6.42 Å². The zero-order chi connectivity index (χ0) is 21.1. The van der Waals surface area contributed by atoms with E-state index in [4.69, 9.17) is 0 Å². The molecule has 0 radical (unpaired) electrons. The first kappa shape index (κ1) is 19.9. The molecule has 1 aliphatic rings. The van der Waals surface area contributed by atoms with E-state index in [1.807, 2.05) is 61.6 Å². The summed E-state index contributed by atoms with van der Waals surface area (Å²) in [7, 11) is 3.95. The Morgan fingerprint density at radius 3 is 2.50 bits per heavy atom. The number of H-pyrrole nitrogens is 2. The van der Waals surface area contributed by atoms with Crippen LogP contribution in [0, 0.1) is 0 Å². The Labute approximate surface area is 175 Å². The highest BCUT2D eigenvalue weighted by Gasteiger charge is 2.23. The molecule has 1 aliphatic carbocycles. The van der Waals surface area contributed by atoms with Crippen LogP contribution in [0.2, 0.25) is 0 Å². The van der Waals surface area contributed by atoms with Crippen LogP contribution in [0.1, 0.15) is 47.6 Å². The molecular weight excluding hydrogens is 376 g/mol. The van der Waals surface area contributed by atoms with Gasteiger partial charge in [0, 0.05) is 43.9 Å². The fraction of sp³-hybridized carbons (Fsp3) is 0.292. The molecule has 1 atom stereocenters. The van der Waals surface area contributed by atoms with E-state index < -0.39 is 5.69 Å². The third-order valence-corrected chi connectivity index (χ3v) is 5.69. The normalized spacial score (nSPS) is 16.2. The van der Waals surface area contributed by atoms with Gasteiger partial charge in [-0.15, -0.1) is 0 Å². The van der Waals surface area contributed by atoms with Crippen molar-refractivity contribution in [1.82, 2.24) is 15.0 Å². The number of hydrogen-bond acceptors (Lipinski definition) is 4. The number of anilines is 1. The van der Waals surface area contributed by atoms with Crippen molar-refractivity contribution >= 4 is 11.4 Å². The zero-order valence-electron chi connectivity index (χ0n) is 17.3. The largest absolute Gasteiger partial charge is 0.363 e. The minimum Gasteiger partial charge on any atom is -0.363 e. The van der Waals surface area contributed by atoms with Crippen LogP contribution in [0.4, 0.5) is 5.82 Å². The Kier molecular flexibility index (Phi) is 5.65. The van der Waals surface area contributed by atoms with E-state index in [1.165, 1.54) is 5.57 Å². The quantitative estimate of drug-likeness (QED) is 0.685. The van der Waals surface area contributed by atoms with Gasteiger partial charge < -0.3 is 9.88 Å². The second kappa shape index (κ2) is 8.53. The van der Waals surface area contributed by atoms with E-state index in [0.29, 0.717) is 12.0 Å². The molecule has 2 N–H and O–H groups in total. The molecule has 0 saturated carbocycles. The number of rotatable bonds is 5. The first-order valence-electron chi connectivity index (χ1n) is 10.2. The fourth-order valence-electron chi connectivity index (χ4n) is 4.05. The molecule has 1 unspecified atom stereocenters. The Morgan fingerprint density at radius 2 is 1.87 bits per heavy atom. The van der Waals surface area contributed by atoms with Crippen molar-refractivity contribution < 1.29 is 0 Å². The molecule has 2 heterocycles. The summed E-state index contributed by atoms with van der Waals surface area (Å²) in [4.78, 5) is 36.4. The Bertz CT molecular complexity index is 1160. The van der Waals surface area contributed by atoms with Crippen LogP contribution < -0.4 is 16.1 Å². The SMILES string of the molecule is CN(C)c1ccc(C2=CCC(c3[nH]c(=O)[nH]c(=O)c3Cc3ccccc3)CC2)cn1. The monoisotopic (exact) mass is 402 g/mol. The number of aromatic amines is 2. The number of pyridine rings is 1. The van der Waals surface area contributed by atoms with Gasteiger partial charge in [-0.3, -0.25) is 9.78 Å². The van der Waals surface area contributed by atoms with Gasteiger partial charge >= 0.3 is 5.69 Å². The number of nitrogens with one attached hydrogen (secondary N) is 2. The summed E-state index contributed by atoms with van der Waals surface area (Å²) >= 11 is 0. The minimum absolute atomic E-state index is 0.122. The number of hydrogen-bond donors (Lipinski definition) is 2. The zero-order valence-corrected chi connectivity index (χ0v) is 17.3. The van der Waals surface area contributed by atoms with Crippen molar-refractivity contribution in [3.63, 3.8) is 0 Å². The highest BCUT2D eigenvalue weighted by Crippen LogP contribution is 2.36. The molecule has 0 saturated heterocycles. The van der Waals surface area contributed by atoms with Gasteiger partial charge in [0.15, 0.2) is 0 Å². The van der Waals surface area contributed by atoms with Crippen molar-refractivity contribution in [3.05, 3.63) is 98.0 Å². The summed E-state index contributed by atoms with van der Waals surface area (Å²) < 4.78 is 0. The van der Waals surface area contributed by atoms with Gasteiger partial charge in [-0.2, -0.15) is 0 Å². The summed E-state index contributed by atoms with van der Waals surface area (Å²) in [6, 6.07) is 14.0. The maximum Gasteiger partial charge on any atom is 0.325 e. The van der Waals surface area contributed by atoms with Crippen molar-refractivity contribution in [2.45, 2.75) is 31.6 Å². The third kappa shape index (κ3) is 4.27. The topological polar surface area (TPSA) is 81.9 Å². The van der Waals surface area contributed by atoms with E-state index in [2.05, 4.69) is 27.1 Å². The number of nitrogens with zero attached hydrogens (tertiary/aromatic N) is 2. The van der Waals surface area contributed by atoms with Gasteiger partial charge in [-0.25, -0.2) is 9.78 Å². The van der Waals surface area contributed by atoms with Crippen LogP contribution in [0.3, 0.4) is 0 Å². The van der Waals surface area contributed by atoms with Crippen molar-refractivity contribution in [1.29, 1.82) is 0 Å². The number of benzene rings is 1. The van der Waals surface area contributed by atoms with Gasteiger partial charge in [-0.05, 0) is 48.1 Å². The molecule has 0 spiro atoms. The molecule has 0 amide bonds. The van der Waals surface area contributed by atoms with Gasteiger partial charge in [0.1, 0.15) is 5.82 Å². The highest BCUT2D eigenvalue weighted by atomic mass is 16.2. The van der Waals surface area contributed by atoms with E-state index >= 15 is 0 Å². The van der Waals surface area contributed by atoms with Gasteiger partial charge in [-0.1, -0.05) is 36.4 Å². The van der Waals surface area contributed by atoms with Crippen LogP contribution >= 0.6 is 0 Å². The maximum absolute atomic E-state index is 12.6. The molecular formula is C24H26N4O2. The Morgan fingerprint density at radius 1 is 1.07 bits per heavy atom. The van der Waals surface area contributed by atoms with Crippen molar-refractivity contribution in [3.8, 4) is 0 Å². The summed E-state index contributed by atoms with van der Waals surface area (Å²) in [5.74, 6) is 1.05. The summed E-state index contributed by atoms with van der Waals surface area (Å²) in [5.41, 5.74) is 4.13. The molecule has 30 heavy (non-hydrogen) atoms. The van der Waals surface area contributed by atoms with Crippen LogP contribution in [0.25, 0.3) is 5.57 Å². The van der Waals surface area contributed by atoms with Crippen LogP contribution in [0.15, 0.2) is 64.3 Å². The van der Waals surface area contributed by atoms with Gasteiger partial charge in [0.25, 0.3) is 5.56 Å². The van der Waals surface area contributed by atoms with Crippen LogP contribution in [-0.4, -0.2) is 29.0 Å². The predicted molar refractivity (Wildman–Crippen MR) is 120 cm³/mol. The second-order valence-electron chi connectivity index (χ2n) is 7.96. The molecule has 1 aromatic carbocycles. The maximum atomic E-state index is 12.6. The van der Waals surface area contributed by atoms with E-state index in [-0.39, 0.29) is 11.5 Å². The summed E-state index contributed by atoms with van der Waals surface area (Å²) in [6.07, 6.45) is 7.18.